The highest BCUT2D eigenvalue weighted by atomic mass is 19.1. The maximum absolute atomic E-state index is 13.0. The van der Waals surface area contributed by atoms with Gasteiger partial charge in [-0.25, -0.2) is 9.37 Å². The zero-order valence-electron chi connectivity index (χ0n) is 11.2. The molecular weight excluding hydrogens is 247 g/mol. The van der Waals surface area contributed by atoms with Crippen LogP contribution in [0.5, 0.6) is 0 Å². The van der Waals surface area contributed by atoms with E-state index in [0.29, 0.717) is 0 Å². The highest BCUT2D eigenvalue weighted by Gasteiger charge is 2.20. The predicted molar refractivity (Wildman–Crippen MR) is 70.1 cm³/mol. The Labute approximate surface area is 111 Å². The van der Waals surface area contributed by atoms with E-state index in [1.165, 1.54) is 12.1 Å². The third-order valence-electron chi connectivity index (χ3n) is 2.90. The molecule has 2 aromatic rings. The second-order valence-corrected chi connectivity index (χ2v) is 4.11. The average Bonchev–Trinajstić information content (AvgIpc) is 2.85. The largest absolute Gasteiger partial charge is 0.350 e. The van der Waals surface area contributed by atoms with Gasteiger partial charge in [0.2, 0.25) is 6.29 Å². The molecule has 0 aliphatic heterocycles. The molecule has 1 heterocycles. The lowest BCUT2D eigenvalue weighted by Crippen LogP contribution is -2.05. The van der Waals surface area contributed by atoms with Gasteiger partial charge in [0.25, 0.3) is 0 Å². The van der Waals surface area contributed by atoms with Gasteiger partial charge >= 0.3 is 0 Å². The van der Waals surface area contributed by atoms with Crippen LogP contribution in [0.1, 0.15) is 24.7 Å². The van der Waals surface area contributed by atoms with E-state index in [1.807, 2.05) is 6.92 Å². The van der Waals surface area contributed by atoms with Crippen LogP contribution in [-0.2, 0) is 15.9 Å². The first kappa shape index (κ1) is 13.7. The minimum Gasteiger partial charge on any atom is -0.350 e. The van der Waals surface area contributed by atoms with Gasteiger partial charge in [0.05, 0.1) is 11.4 Å². The van der Waals surface area contributed by atoms with Gasteiger partial charge in [-0.05, 0) is 24.3 Å². The number of ether oxygens (including phenoxy) is 2. The number of aromatic amines is 1. The van der Waals surface area contributed by atoms with Crippen molar-refractivity contribution in [2.24, 2.45) is 0 Å². The number of hydrogen-bond donors (Lipinski definition) is 1. The quantitative estimate of drug-likeness (QED) is 0.844. The predicted octanol–water partition coefficient (Wildman–Crippen LogP) is 3.07. The van der Waals surface area contributed by atoms with E-state index in [2.05, 4.69) is 9.97 Å². The van der Waals surface area contributed by atoms with E-state index in [0.717, 1.165) is 29.2 Å². The third kappa shape index (κ3) is 2.83. The molecule has 0 radical (unpaired) electrons. The molecule has 4 nitrogen and oxygen atoms in total. The van der Waals surface area contributed by atoms with Gasteiger partial charge in [-0.1, -0.05) is 6.92 Å². The molecule has 0 unspecified atom stereocenters. The molecule has 0 amide bonds. The first-order valence-corrected chi connectivity index (χ1v) is 6.09. The molecule has 0 atom stereocenters. The molecule has 0 aliphatic carbocycles. The Bertz CT molecular complexity index is 533. The first-order chi connectivity index (χ1) is 9.19. The fourth-order valence-corrected chi connectivity index (χ4v) is 1.94. The Balaban J connectivity index is 2.48. The number of halogens is 1. The van der Waals surface area contributed by atoms with Crippen molar-refractivity contribution in [1.29, 1.82) is 0 Å². The van der Waals surface area contributed by atoms with Crippen LogP contribution in [0.2, 0.25) is 0 Å². The lowest BCUT2D eigenvalue weighted by atomic mass is 10.1. The van der Waals surface area contributed by atoms with Gasteiger partial charge in [0.1, 0.15) is 11.6 Å². The Hall–Kier alpha value is -1.72. The van der Waals surface area contributed by atoms with Crippen LogP contribution >= 0.6 is 0 Å². The summed E-state index contributed by atoms with van der Waals surface area (Å²) < 4.78 is 23.5. The third-order valence-corrected chi connectivity index (χ3v) is 2.90. The van der Waals surface area contributed by atoms with E-state index < -0.39 is 6.29 Å². The Morgan fingerprint density at radius 3 is 2.37 bits per heavy atom. The molecule has 0 bridgehead atoms. The maximum Gasteiger partial charge on any atom is 0.200 e. The summed E-state index contributed by atoms with van der Waals surface area (Å²) in [7, 11) is 3.13. The number of nitrogens with zero attached hydrogens (tertiary/aromatic N) is 1. The maximum atomic E-state index is 13.0. The minimum absolute atomic E-state index is 0.272. The van der Waals surface area contributed by atoms with Crippen LogP contribution in [-0.4, -0.2) is 24.2 Å². The fraction of sp³-hybridized carbons (Fsp3) is 0.357. The van der Waals surface area contributed by atoms with Crippen LogP contribution in [0.4, 0.5) is 4.39 Å². The molecule has 1 N–H and O–H groups in total. The van der Waals surface area contributed by atoms with E-state index in [-0.39, 0.29) is 5.82 Å². The molecule has 2 rings (SSSR count). The Kier molecular flexibility index (Phi) is 4.29. The molecule has 0 aliphatic rings. The van der Waals surface area contributed by atoms with Gasteiger partial charge < -0.3 is 14.5 Å². The summed E-state index contributed by atoms with van der Waals surface area (Å²) in [6, 6.07) is 6.20. The first-order valence-electron chi connectivity index (χ1n) is 6.09. The lowest BCUT2D eigenvalue weighted by Gasteiger charge is -2.13. The van der Waals surface area contributed by atoms with Crippen molar-refractivity contribution in [3.05, 3.63) is 41.6 Å². The van der Waals surface area contributed by atoms with Crippen molar-refractivity contribution in [3.63, 3.8) is 0 Å². The monoisotopic (exact) mass is 264 g/mol. The number of benzene rings is 1. The van der Waals surface area contributed by atoms with Gasteiger partial charge in [0, 0.05) is 26.2 Å². The fourth-order valence-electron chi connectivity index (χ4n) is 1.94. The second kappa shape index (κ2) is 5.95. The summed E-state index contributed by atoms with van der Waals surface area (Å²) in [5.74, 6) is 0.569. The lowest BCUT2D eigenvalue weighted by molar-refractivity contribution is -0.108. The zero-order chi connectivity index (χ0) is 13.8. The van der Waals surface area contributed by atoms with Crippen molar-refractivity contribution in [2.45, 2.75) is 19.6 Å². The van der Waals surface area contributed by atoms with Gasteiger partial charge in [-0.15, -0.1) is 0 Å². The summed E-state index contributed by atoms with van der Waals surface area (Å²) in [4.78, 5) is 7.70. The van der Waals surface area contributed by atoms with Crippen LogP contribution in [0.25, 0.3) is 11.3 Å². The van der Waals surface area contributed by atoms with E-state index in [9.17, 15) is 4.39 Å². The van der Waals surface area contributed by atoms with Crippen LogP contribution in [0.3, 0.4) is 0 Å². The highest BCUT2D eigenvalue weighted by Crippen LogP contribution is 2.28. The van der Waals surface area contributed by atoms with E-state index in [4.69, 9.17) is 9.47 Å². The van der Waals surface area contributed by atoms with Crippen LogP contribution in [0, 0.1) is 5.82 Å². The Morgan fingerprint density at radius 2 is 1.84 bits per heavy atom. The molecular formula is C14H17FN2O2. The normalized spacial score (nSPS) is 11.2. The van der Waals surface area contributed by atoms with Crippen molar-refractivity contribution >= 4 is 0 Å². The smallest absolute Gasteiger partial charge is 0.200 e. The second-order valence-electron chi connectivity index (χ2n) is 4.11. The molecule has 1 aromatic heterocycles. The molecule has 1 aromatic carbocycles. The van der Waals surface area contributed by atoms with Gasteiger partial charge in [-0.2, -0.15) is 0 Å². The Morgan fingerprint density at radius 1 is 1.21 bits per heavy atom. The molecule has 0 saturated heterocycles. The number of aryl methyl sites for hydroxylation is 1. The molecule has 0 saturated carbocycles. The van der Waals surface area contributed by atoms with Crippen molar-refractivity contribution in [3.8, 4) is 11.3 Å². The highest BCUT2D eigenvalue weighted by molar-refractivity contribution is 5.62. The molecule has 5 heteroatoms. The SMILES string of the molecule is CCc1nc(-c2ccc(F)cc2)c(C(OC)OC)[nH]1. The number of hydrogen-bond acceptors (Lipinski definition) is 3. The molecule has 0 spiro atoms. The molecule has 0 fully saturated rings. The van der Waals surface area contributed by atoms with Crippen LogP contribution in [0.15, 0.2) is 24.3 Å². The van der Waals surface area contributed by atoms with Crippen molar-refractivity contribution in [1.82, 2.24) is 9.97 Å². The van der Waals surface area contributed by atoms with Gasteiger partial charge in [0.15, 0.2) is 0 Å². The topological polar surface area (TPSA) is 47.1 Å². The summed E-state index contributed by atoms with van der Waals surface area (Å²) in [5.41, 5.74) is 2.30. The summed E-state index contributed by atoms with van der Waals surface area (Å²) in [5, 5.41) is 0. The number of H-pyrrole nitrogens is 1. The standard InChI is InChI=1S/C14H17FN2O2/c1-4-11-16-12(9-5-7-10(15)8-6-9)13(17-11)14(18-2)19-3/h5-8,14H,4H2,1-3H3,(H,16,17). The number of nitrogens with one attached hydrogen (secondary N) is 1. The average molecular weight is 264 g/mol. The molecule has 102 valence electrons. The minimum atomic E-state index is -0.521. The summed E-state index contributed by atoms with van der Waals surface area (Å²) >= 11 is 0. The number of methoxy groups -OCH3 is 2. The van der Waals surface area contributed by atoms with Crippen LogP contribution < -0.4 is 0 Å². The van der Waals surface area contributed by atoms with Gasteiger partial charge in [-0.3, -0.25) is 0 Å². The van der Waals surface area contributed by atoms with Crippen molar-refractivity contribution in [2.75, 3.05) is 14.2 Å². The van der Waals surface area contributed by atoms with E-state index in [1.54, 1.807) is 26.4 Å². The number of imidazole rings is 1. The van der Waals surface area contributed by atoms with Crippen molar-refractivity contribution < 1.29 is 13.9 Å². The van der Waals surface area contributed by atoms with E-state index >= 15 is 0 Å². The number of rotatable bonds is 5. The summed E-state index contributed by atoms with van der Waals surface area (Å²) in [6.07, 6.45) is 0.252. The molecule has 19 heavy (non-hydrogen) atoms. The number of aromatic nitrogens is 2. The zero-order valence-corrected chi connectivity index (χ0v) is 11.2. The summed E-state index contributed by atoms with van der Waals surface area (Å²) in [6.45, 7) is 2.01.